The number of nitrogens with two attached hydrogens (primary N) is 2. The lowest BCUT2D eigenvalue weighted by atomic mass is 9.91. The van der Waals surface area contributed by atoms with Gasteiger partial charge >= 0.3 is 0 Å². The molecule has 32 heavy (non-hydrogen) atoms. The molecule has 170 valence electrons. The van der Waals surface area contributed by atoms with E-state index < -0.39 is 24.7 Å². The van der Waals surface area contributed by atoms with Crippen LogP contribution in [0.1, 0.15) is 36.0 Å². The van der Waals surface area contributed by atoms with Gasteiger partial charge in [0, 0.05) is 23.2 Å². The zero-order valence-corrected chi connectivity index (χ0v) is 17.2. The van der Waals surface area contributed by atoms with Gasteiger partial charge in [0.2, 0.25) is 0 Å². The van der Waals surface area contributed by atoms with Crippen molar-refractivity contribution in [2.45, 2.75) is 50.7 Å². The highest BCUT2D eigenvalue weighted by Gasteiger charge is 2.24. The van der Waals surface area contributed by atoms with Crippen LogP contribution in [0.5, 0.6) is 0 Å². The Labute approximate surface area is 182 Å². The van der Waals surface area contributed by atoms with Crippen molar-refractivity contribution in [1.82, 2.24) is 14.8 Å². The third-order valence-electron chi connectivity index (χ3n) is 5.60. The second-order valence-corrected chi connectivity index (χ2v) is 7.89. The summed E-state index contributed by atoms with van der Waals surface area (Å²) in [6, 6.07) is 5.73. The summed E-state index contributed by atoms with van der Waals surface area (Å²) in [6.45, 7) is -0.552. The van der Waals surface area contributed by atoms with Crippen LogP contribution in [0.2, 0.25) is 0 Å². The SMILES string of the molecule is NC(=O)c1cc(F)c(NC2CCCC[C@@H]2N)nc1Nc1ccc2cnn(CC(F)F)c2c1. The number of rotatable bonds is 7. The third-order valence-corrected chi connectivity index (χ3v) is 5.60. The van der Waals surface area contributed by atoms with Gasteiger partial charge in [-0.1, -0.05) is 12.8 Å². The third kappa shape index (κ3) is 4.62. The molecule has 0 radical (unpaired) electrons. The van der Waals surface area contributed by atoms with Gasteiger partial charge in [-0.2, -0.15) is 5.10 Å². The summed E-state index contributed by atoms with van der Waals surface area (Å²) < 4.78 is 41.5. The minimum atomic E-state index is -2.56. The first-order valence-corrected chi connectivity index (χ1v) is 10.3. The van der Waals surface area contributed by atoms with Crippen LogP contribution in [0.3, 0.4) is 0 Å². The minimum Gasteiger partial charge on any atom is -0.365 e. The largest absolute Gasteiger partial charge is 0.365 e. The summed E-state index contributed by atoms with van der Waals surface area (Å²) >= 11 is 0. The number of halogens is 3. The van der Waals surface area contributed by atoms with Gasteiger partial charge in [-0.25, -0.2) is 18.2 Å². The first-order chi connectivity index (χ1) is 15.3. The molecule has 8 nitrogen and oxygen atoms in total. The molecule has 2 heterocycles. The van der Waals surface area contributed by atoms with Gasteiger partial charge in [-0.05, 0) is 37.1 Å². The van der Waals surface area contributed by atoms with E-state index in [1.165, 1.54) is 10.9 Å². The average Bonchev–Trinajstić information content (AvgIpc) is 3.13. The van der Waals surface area contributed by atoms with Crippen molar-refractivity contribution in [1.29, 1.82) is 0 Å². The van der Waals surface area contributed by atoms with E-state index in [4.69, 9.17) is 11.5 Å². The number of aromatic nitrogens is 3. The molecular formula is C21H24F3N7O. The highest BCUT2D eigenvalue weighted by Crippen LogP contribution is 2.28. The van der Waals surface area contributed by atoms with Gasteiger partial charge in [0.05, 0.1) is 17.3 Å². The van der Waals surface area contributed by atoms with Crippen molar-refractivity contribution in [3.63, 3.8) is 0 Å². The number of pyridine rings is 1. The Morgan fingerprint density at radius 3 is 2.72 bits per heavy atom. The number of hydrogen-bond acceptors (Lipinski definition) is 6. The maximum Gasteiger partial charge on any atom is 0.257 e. The van der Waals surface area contributed by atoms with Crippen LogP contribution in [0.4, 0.5) is 30.5 Å². The molecule has 2 aromatic heterocycles. The molecule has 0 spiro atoms. The van der Waals surface area contributed by atoms with E-state index in [0.29, 0.717) is 16.6 Å². The molecule has 3 aromatic rings. The quantitative estimate of drug-likeness (QED) is 0.440. The molecule has 1 fully saturated rings. The lowest BCUT2D eigenvalue weighted by Gasteiger charge is -2.30. The predicted octanol–water partition coefficient (Wildman–Crippen LogP) is 3.36. The molecule has 1 aliphatic rings. The molecule has 0 bridgehead atoms. The molecule has 6 N–H and O–H groups in total. The fourth-order valence-electron chi connectivity index (χ4n) is 3.95. The summed E-state index contributed by atoms with van der Waals surface area (Å²) in [4.78, 5) is 16.2. The zero-order valence-electron chi connectivity index (χ0n) is 17.2. The van der Waals surface area contributed by atoms with E-state index in [-0.39, 0.29) is 29.3 Å². The molecular weight excluding hydrogens is 423 g/mol. The zero-order chi connectivity index (χ0) is 22.8. The summed E-state index contributed by atoms with van der Waals surface area (Å²) in [7, 11) is 0. The number of fused-ring (bicyclic) bond motifs is 1. The fraction of sp³-hybridized carbons (Fsp3) is 0.381. The number of alkyl halides is 2. The first kappa shape index (κ1) is 21.9. The Morgan fingerprint density at radius 2 is 2.00 bits per heavy atom. The van der Waals surface area contributed by atoms with Crippen LogP contribution >= 0.6 is 0 Å². The maximum absolute atomic E-state index is 14.7. The lowest BCUT2D eigenvalue weighted by Crippen LogP contribution is -2.43. The minimum absolute atomic E-state index is 0.0383. The van der Waals surface area contributed by atoms with Crippen LogP contribution in [0.15, 0.2) is 30.5 Å². The number of carbonyl (C=O) groups is 1. The second-order valence-electron chi connectivity index (χ2n) is 7.89. The number of amides is 1. The van der Waals surface area contributed by atoms with E-state index in [9.17, 15) is 18.0 Å². The lowest BCUT2D eigenvalue weighted by molar-refractivity contribution is 0.1000. The first-order valence-electron chi connectivity index (χ1n) is 10.3. The van der Waals surface area contributed by atoms with Crippen molar-refractivity contribution in [2.75, 3.05) is 10.6 Å². The van der Waals surface area contributed by atoms with Gasteiger partial charge in [-0.15, -0.1) is 0 Å². The van der Waals surface area contributed by atoms with Gasteiger partial charge in [0.25, 0.3) is 12.3 Å². The van der Waals surface area contributed by atoms with Crippen LogP contribution in [-0.4, -0.2) is 39.2 Å². The number of benzene rings is 1. The van der Waals surface area contributed by atoms with E-state index >= 15 is 0 Å². The smallest absolute Gasteiger partial charge is 0.257 e. The number of nitrogens with one attached hydrogen (secondary N) is 2. The van der Waals surface area contributed by atoms with Crippen molar-refractivity contribution < 1.29 is 18.0 Å². The molecule has 4 rings (SSSR count). The van der Waals surface area contributed by atoms with Gasteiger partial charge in [-0.3, -0.25) is 9.48 Å². The molecule has 2 atom stereocenters. The van der Waals surface area contributed by atoms with Crippen LogP contribution in [0.25, 0.3) is 10.9 Å². The van der Waals surface area contributed by atoms with Crippen LogP contribution in [0, 0.1) is 5.82 Å². The molecule has 0 saturated heterocycles. The monoisotopic (exact) mass is 447 g/mol. The van der Waals surface area contributed by atoms with E-state index in [1.807, 2.05) is 0 Å². The maximum atomic E-state index is 14.7. The van der Waals surface area contributed by atoms with Crippen LogP contribution in [-0.2, 0) is 6.54 Å². The average molecular weight is 447 g/mol. The number of hydrogen-bond donors (Lipinski definition) is 4. The van der Waals surface area contributed by atoms with Crippen molar-refractivity contribution in [2.24, 2.45) is 11.5 Å². The number of anilines is 3. The van der Waals surface area contributed by atoms with Gasteiger partial charge in [0.1, 0.15) is 12.4 Å². The van der Waals surface area contributed by atoms with Crippen LogP contribution < -0.4 is 22.1 Å². The van der Waals surface area contributed by atoms with E-state index in [1.54, 1.807) is 18.2 Å². The molecule has 1 aliphatic carbocycles. The van der Waals surface area contributed by atoms with Crippen molar-refractivity contribution in [3.05, 3.63) is 41.8 Å². The topological polar surface area (TPSA) is 124 Å². The summed E-state index contributed by atoms with van der Waals surface area (Å²) in [5.74, 6) is -1.56. The predicted molar refractivity (Wildman–Crippen MR) is 116 cm³/mol. The van der Waals surface area contributed by atoms with Crippen molar-refractivity contribution >= 4 is 34.1 Å². The fourth-order valence-corrected chi connectivity index (χ4v) is 3.95. The summed E-state index contributed by atoms with van der Waals surface area (Å²) in [6.07, 6.45) is 2.54. The number of carbonyl (C=O) groups excluding carboxylic acids is 1. The Balaban J connectivity index is 1.66. The molecule has 1 aromatic carbocycles. The molecule has 0 aliphatic heterocycles. The van der Waals surface area contributed by atoms with E-state index in [0.717, 1.165) is 31.7 Å². The Kier molecular flexibility index (Phi) is 6.17. The Morgan fingerprint density at radius 1 is 1.22 bits per heavy atom. The van der Waals surface area contributed by atoms with Gasteiger partial charge < -0.3 is 22.1 Å². The highest BCUT2D eigenvalue weighted by atomic mass is 19.3. The Hall–Kier alpha value is -3.34. The molecule has 1 saturated carbocycles. The summed E-state index contributed by atoms with van der Waals surface area (Å²) in [5, 5.41) is 10.6. The number of nitrogens with zero attached hydrogens (tertiary/aromatic N) is 3. The normalized spacial score (nSPS) is 18.8. The van der Waals surface area contributed by atoms with Gasteiger partial charge in [0.15, 0.2) is 11.6 Å². The Bertz CT molecular complexity index is 1130. The summed E-state index contributed by atoms with van der Waals surface area (Å²) in [5.41, 5.74) is 12.4. The second kappa shape index (κ2) is 9.03. The molecule has 1 amide bonds. The molecule has 1 unspecified atom stereocenters. The standard InChI is InChI=1S/C21H24F3N7O/c22-14-8-13(19(26)32)20(30-21(14)29-16-4-2-1-3-15(16)25)28-12-6-5-11-9-27-31(10-18(23)24)17(11)7-12/h5-9,15-16,18H,1-4,10,25H2,(H2,26,32)(H2,28,29,30)/t15-,16?/m0/s1. The van der Waals surface area contributed by atoms with E-state index in [2.05, 4.69) is 20.7 Å². The number of primary amides is 1. The molecule has 11 heteroatoms. The van der Waals surface area contributed by atoms with Crippen molar-refractivity contribution in [3.8, 4) is 0 Å². The highest BCUT2D eigenvalue weighted by molar-refractivity contribution is 5.99.